The van der Waals surface area contributed by atoms with Crippen molar-refractivity contribution in [1.82, 2.24) is 15.3 Å². The second kappa shape index (κ2) is 14.8. The van der Waals surface area contributed by atoms with Crippen molar-refractivity contribution >= 4 is 75.3 Å². The van der Waals surface area contributed by atoms with Gasteiger partial charge in [0.2, 0.25) is 23.6 Å². The predicted molar refractivity (Wildman–Crippen MR) is 174 cm³/mol. The lowest BCUT2D eigenvalue weighted by molar-refractivity contribution is -0.124. The Balaban J connectivity index is 1.37. The number of hydrogen-bond acceptors (Lipinski definition) is 8. The number of para-hydroxylation sites is 1. The van der Waals surface area contributed by atoms with Gasteiger partial charge in [-0.25, -0.2) is 14.9 Å². The number of halogens is 2. The predicted octanol–water partition coefficient (Wildman–Crippen LogP) is 4.45. The molecule has 2 aromatic carbocycles. The van der Waals surface area contributed by atoms with E-state index >= 15 is 0 Å². The minimum absolute atomic E-state index is 0.0375. The van der Waals surface area contributed by atoms with E-state index in [9.17, 15) is 19.2 Å². The molecule has 3 N–H and O–H groups in total. The van der Waals surface area contributed by atoms with Gasteiger partial charge >= 0.3 is 0 Å². The highest BCUT2D eigenvalue weighted by atomic mass is 35.5. The normalized spacial score (nSPS) is 11.0. The van der Waals surface area contributed by atoms with Crippen LogP contribution >= 0.6 is 23.2 Å². The van der Waals surface area contributed by atoms with E-state index in [0.717, 1.165) is 16.0 Å². The van der Waals surface area contributed by atoms with Crippen LogP contribution in [0.15, 0.2) is 66.9 Å². The summed E-state index contributed by atoms with van der Waals surface area (Å²) in [4.78, 5) is 59.9. The molecule has 4 rings (SSSR count). The van der Waals surface area contributed by atoms with Crippen LogP contribution in [0.4, 0.5) is 11.5 Å². The standard InChI is InChI=1S/C32H30Cl2N6O5/c1-19-7-10-22-5-4-6-26(32(22)38-19)45-18-23-24(33)11-12-25(31(23)34)39(3)30(44)17-37-28(42)14-9-21-8-13-27(36-16-21)40(20(2)41)29(43)15-35/h4-14,16H,15,17-18,35H2,1-3H3,(H,37,42)/b14-9+. The number of pyridine rings is 2. The van der Waals surface area contributed by atoms with E-state index in [4.69, 9.17) is 33.7 Å². The van der Waals surface area contributed by atoms with Crippen molar-refractivity contribution in [2.75, 3.05) is 29.9 Å². The molecule has 0 atom stereocenters. The Hall–Kier alpha value is -4.84. The molecule has 0 aliphatic rings. The van der Waals surface area contributed by atoms with E-state index in [0.29, 0.717) is 33.1 Å². The highest BCUT2D eigenvalue weighted by Crippen LogP contribution is 2.35. The van der Waals surface area contributed by atoms with Crippen molar-refractivity contribution in [3.8, 4) is 5.75 Å². The third kappa shape index (κ3) is 8.01. The lowest BCUT2D eigenvalue weighted by Gasteiger charge is -2.21. The number of rotatable bonds is 10. The summed E-state index contributed by atoms with van der Waals surface area (Å²) in [5.41, 5.74) is 8.33. The Labute approximate surface area is 269 Å². The quantitative estimate of drug-likeness (QED) is 0.240. The van der Waals surface area contributed by atoms with Gasteiger partial charge in [0.1, 0.15) is 23.7 Å². The first-order chi connectivity index (χ1) is 21.5. The minimum atomic E-state index is -0.592. The molecule has 2 heterocycles. The molecule has 0 aliphatic heterocycles. The van der Waals surface area contributed by atoms with Crippen LogP contribution in [0.2, 0.25) is 10.0 Å². The Morgan fingerprint density at radius 2 is 1.80 bits per heavy atom. The van der Waals surface area contributed by atoms with Crippen molar-refractivity contribution in [1.29, 1.82) is 0 Å². The van der Waals surface area contributed by atoms with Crippen molar-refractivity contribution in [2.45, 2.75) is 20.5 Å². The fraction of sp³-hybridized carbons (Fsp3) is 0.188. The molecular weight excluding hydrogens is 619 g/mol. The van der Waals surface area contributed by atoms with E-state index in [1.807, 2.05) is 37.3 Å². The number of hydrogen-bond donors (Lipinski definition) is 2. The molecule has 0 saturated heterocycles. The van der Waals surface area contributed by atoms with Gasteiger partial charge in [-0.05, 0) is 55.0 Å². The third-order valence-corrected chi connectivity index (χ3v) is 7.45. The number of anilines is 2. The van der Waals surface area contributed by atoms with Crippen LogP contribution in [0.25, 0.3) is 17.0 Å². The number of ether oxygens (including phenoxy) is 1. The molecule has 4 aromatic rings. The van der Waals surface area contributed by atoms with E-state index < -0.39 is 23.6 Å². The van der Waals surface area contributed by atoms with Crippen molar-refractivity contribution in [3.63, 3.8) is 0 Å². The molecule has 45 heavy (non-hydrogen) atoms. The summed E-state index contributed by atoms with van der Waals surface area (Å²) in [5.74, 6) is -1.38. The van der Waals surface area contributed by atoms with Crippen molar-refractivity contribution < 1.29 is 23.9 Å². The summed E-state index contributed by atoms with van der Waals surface area (Å²) in [7, 11) is 1.54. The number of imide groups is 1. The van der Waals surface area contributed by atoms with Gasteiger partial charge in [0.15, 0.2) is 0 Å². The smallest absolute Gasteiger partial charge is 0.248 e. The average Bonchev–Trinajstić information content (AvgIpc) is 3.02. The first-order valence-electron chi connectivity index (χ1n) is 13.7. The molecule has 0 aliphatic carbocycles. The summed E-state index contributed by atoms with van der Waals surface area (Å²) < 4.78 is 6.06. The maximum Gasteiger partial charge on any atom is 0.248 e. The summed E-state index contributed by atoms with van der Waals surface area (Å²) in [6, 6.07) is 15.8. The molecule has 2 aromatic heterocycles. The SMILES string of the molecule is CC(=O)N(C(=O)CN)c1ccc(/C=C/C(=O)NCC(=O)N(C)c2ccc(Cl)c(COc3cccc4ccc(C)nc34)c2Cl)cn1. The summed E-state index contributed by atoms with van der Waals surface area (Å²) >= 11 is 13.1. The van der Waals surface area contributed by atoms with Gasteiger partial charge in [0, 0.05) is 47.9 Å². The van der Waals surface area contributed by atoms with E-state index in [2.05, 4.69) is 15.3 Å². The van der Waals surface area contributed by atoms with Crippen LogP contribution in [0.1, 0.15) is 23.7 Å². The fourth-order valence-electron chi connectivity index (χ4n) is 4.29. The van der Waals surface area contributed by atoms with Crippen LogP contribution in [0.5, 0.6) is 5.75 Å². The van der Waals surface area contributed by atoms with Crippen molar-refractivity contribution in [3.05, 3.63) is 93.7 Å². The molecule has 4 amide bonds. The van der Waals surface area contributed by atoms with Crippen LogP contribution in [-0.4, -0.2) is 53.7 Å². The van der Waals surface area contributed by atoms with Gasteiger partial charge in [0.25, 0.3) is 0 Å². The molecule has 0 spiro atoms. The van der Waals surface area contributed by atoms with Gasteiger partial charge in [0.05, 0.1) is 23.8 Å². The first kappa shape index (κ1) is 33.1. The van der Waals surface area contributed by atoms with Gasteiger partial charge in [-0.3, -0.25) is 19.2 Å². The molecule has 0 bridgehead atoms. The highest BCUT2D eigenvalue weighted by Gasteiger charge is 2.21. The average molecular weight is 650 g/mol. The zero-order chi connectivity index (χ0) is 32.7. The molecular formula is C32H30Cl2N6O5. The molecule has 0 unspecified atom stereocenters. The van der Waals surface area contributed by atoms with Gasteiger partial charge < -0.3 is 20.7 Å². The Morgan fingerprint density at radius 3 is 2.49 bits per heavy atom. The van der Waals surface area contributed by atoms with E-state index in [1.165, 1.54) is 43.3 Å². The third-order valence-electron chi connectivity index (χ3n) is 6.68. The highest BCUT2D eigenvalue weighted by molar-refractivity contribution is 6.38. The number of likely N-dealkylation sites (N-methyl/N-ethyl adjacent to an activating group) is 1. The van der Waals surface area contributed by atoms with Crippen LogP contribution in [-0.2, 0) is 25.8 Å². The molecule has 232 valence electrons. The number of fused-ring (bicyclic) bond motifs is 1. The Kier molecular flexibility index (Phi) is 10.8. The Bertz CT molecular complexity index is 1800. The summed E-state index contributed by atoms with van der Waals surface area (Å²) in [5, 5.41) is 4.07. The second-order valence-electron chi connectivity index (χ2n) is 9.83. The summed E-state index contributed by atoms with van der Waals surface area (Å²) in [6.45, 7) is 2.51. The molecule has 0 radical (unpaired) electrons. The maximum atomic E-state index is 12.9. The van der Waals surface area contributed by atoms with Crippen LogP contribution < -0.4 is 25.6 Å². The lowest BCUT2D eigenvalue weighted by Crippen LogP contribution is -2.40. The number of aromatic nitrogens is 2. The number of amides is 4. The van der Waals surface area contributed by atoms with Crippen molar-refractivity contribution in [2.24, 2.45) is 5.73 Å². The maximum absolute atomic E-state index is 12.9. The molecule has 0 saturated carbocycles. The fourth-order valence-corrected chi connectivity index (χ4v) is 4.90. The molecule has 0 fully saturated rings. The zero-order valence-corrected chi connectivity index (χ0v) is 26.2. The van der Waals surface area contributed by atoms with Gasteiger partial charge in [-0.15, -0.1) is 0 Å². The topological polar surface area (TPSA) is 148 Å². The Morgan fingerprint density at radius 1 is 1.02 bits per heavy atom. The lowest BCUT2D eigenvalue weighted by atomic mass is 10.1. The monoisotopic (exact) mass is 648 g/mol. The first-order valence-corrected chi connectivity index (χ1v) is 14.4. The number of aryl methyl sites for hydroxylation is 1. The van der Waals surface area contributed by atoms with Crippen LogP contribution in [0, 0.1) is 6.92 Å². The largest absolute Gasteiger partial charge is 0.487 e. The number of carbonyl (C=O) groups is 4. The second-order valence-corrected chi connectivity index (χ2v) is 10.6. The van der Waals surface area contributed by atoms with Gasteiger partial charge in [-0.2, -0.15) is 0 Å². The number of nitrogens with zero attached hydrogens (tertiary/aromatic N) is 4. The van der Waals surface area contributed by atoms with E-state index in [1.54, 1.807) is 18.2 Å². The zero-order valence-electron chi connectivity index (χ0n) is 24.7. The molecule has 13 heteroatoms. The van der Waals surface area contributed by atoms with E-state index in [-0.39, 0.29) is 30.5 Å². The molecule has 11 nitrogen and oxygen atoms in total. The number of benzene rings is 2. The number of nitrogens with one attached hydrogen (secondary N) is 1. The minimum Gasteiger partial charge on any atom is -0.487 e. The van der Waals surface area contributed by atoms with Gasteiger partial charge in [-0.1, -0.05) is 41.4 Å². The number of carbonyl (C=O) groups excluding carboxylic acids is 4. The number of nitrogens with two attached hydrogens (primary N) is 1. The van der Waals surface area contributed by atoms with Crippen LogP contribution in [0.3, 0.4) is 0 Å². The summed E-state index contributed by atoms with van der Waals surface area (Å²) in [6.07, 6.45) is 4.09.